The van der Waals surface area contributed by atoms with E-state index in [0.717, 1.165) is 19.1 Å². The molecular weight excluding hydrogens is 520 g/mol. The second kappa shape index (κ2) is 15.9. The van der Waals surface area contributed by atoms with Crippen molar-refractivity contribution >= 4 is 41.6 Å². The van der Waals surface area contributed by atoms with Crippen LogP contribution in [0.5, 0.6) is 0 Å². The summed E-state index contributed by atoms with van der Waals surface area (Å²) in [5, 5.41) is 0. The fraction of sp³-hybridized carbons (Fsp3) is 0.269. The van der Waals surface area contributed by atoms with Gasteiger partial charge in [-0.3, -0.25) is 4.79 Å². The predicted molar refractivity (Wildman–Crippen MR) is 132 cm³/mol. The van der Waals surface area contributed by atoms with Gasteiger partial charge >= 0.3 is 41.6 Å². The van der Waals surface area contributed by atoms with Gasteiger partial charge in [-0.15, -0.1) is 0 Å². The van der Waals surface area contributed by atoms with E-state index in [1.807, 2.05) is 0 Å². The molecule has 210 valence electrons. The molecule has 39 heavy (non-hydrogen) atoms. The summed E-state index contributed by atoms with van der Waals surface area (Å²) in [5.74, 6) is -13.2. The van der Waals surface area contributed by atoms with Gasteiger partial charge in [0.1, 0.15) is 5.78 Å². The smallest absolute Gasteiger partial charge is 0.333 e. The van der Waals surface area contributed by atoms with Gasteiger partial charge in [0.2, 0.25) is 0 Å². The summed E-state index contributed by atoms with van der Waals surface area (Å²) in [4.78, 5) is 85.3. The Kier molecular flexibility index (Phi) is 13.8. The molecule has 0 aliphatic carbocycles. The Balaban J connectivity index is 6.74. The average Bonchev–Trinajstić information content (AvgIpc) is 2.90. The van der Waals surface area contributed by atoms with Crippen molar-refractivity contribution in [3.63, 3.8) is 0 Å². The van der Waals surface area contributed by atoms with Crippen LogP contribution < -0.4 is 0 Å². The fourth-order valence-electron chi connectivity index (χ4n) is 2.67. The van der Waals surface area contributed by atoms with Crippen LogP contribution >= 0.6 is 0 Å². The molecule has 13 nitrogen and oxygen atoms in total. The van der Waals surface area contributed by atoms with Gasteiger partial charge in [0, 0.05) is 36.5 Å². The zero-order chi connectivity index (χ0) is 30.2. The molecule has 0 radical (unpaired) electrons. The Morgan fingerprint density at radius 2 is 0.974 bits per heavy atom. The number of hydrogen-bond donors (Lipinski definition) is 0. The lowest BCUT2D eigenvalue weighted by Gasteiger charge is -2.36. The standard InChI is InChI=1S/C26H28O13/c1-8-19(28)34-16-25(36-21(30)10-3,37-22(31)11-4)14-18(27)15-26(38-23(32)12-5,39-24(33)13-6)17(7)35-20(29)9-2/h8-13,17H,1-6,14-16H2,7H3. The highest BCUT2D eigenvalue weighted by atomic mass is 16.8. The number of rotatable bonds is 18. The summed E-state index contributed by atoms with van der Waals surface area (Å²) in [6, 6.07) is 0. The zero-order valence-corrected chi connectivity index (χ0v) is 21.2. The van der Waals surface area contributed by atoms with E-state index in [1.54, 1.807) is 0 Å². The van der Waals surface area contributed by atoms with Gasteiger partial charge in [-0.25, -0.2) is 28.8 Å². The van der Waals surface area contributed by atoms with E-state index in [0.29, 0.717) is 24.3 Å². The molecule has 0 N–H and O–H groups in total. The van der Waals surface area contributed by atoms with E-state index in [2.05, 4.69) is 39.5 Å². The lowest BCUT2D eigenvalue weighted by Crippen LogP contribution is -2.53. The van der Waals surface area contributed by atoms with Crippen LogP contribution in [-0.2, 0) is 62.0 Å². The van der Waals surface area contributed by atoms with E-state index in [-0.39, 0.29) is 0 Å². The Labute approximate surface area is 224 Å². The quantitative estimate of drug-likeness (QED) is 0.104. The molecule has 0 spiro atoms. The lowest BCUT2D eigenvalue weighted by molar-refractivity contribution is -0.259. The monoisotopic (exact) mass is 548 g/mol. The van der Waals surface area contributed by atoms with Gasteiger partial charge in [0.05, 0.1) is 12.8 Å². The number of carbonyl (C=O) groups excluding carboxylic acids is 7. The van der Waals surface area contributed by atoms with Gasteiger partial charge in [-0.2, -0.15) is 0 Å². The van der Waals surface area contributed by atoms with Gasteiger partial charge in [0.25, 0.3) is 5.79 Å². The topological polar surface area (TPSA) is 175 Å². The summed E-state index contributed by atoms with van der Waals surface area (Å²) in [5.41, 5.74) is 0. The molecule has 0 aromatic carbocycles. The molecule has 1 atom stereocenters. The Hall–Kier alpha value is -5.07. The molecule has 0 aliphatic heterocycles. The maximum Gasteiger partial charge on any atom is 0.333 e. The second-order valence-electron chi connectivity index (χ2n) is 7.21. The predicted octanol–water partition coefficient (Wildman–Crippen LogP) is 1.49. The molecule has 0 aliphatic rings. The molecule has 1 unspecified atom stereocenters. The maximum atomic E-state index is 13.3. The average molecular weight is 548 g/mol. The molecule has 0 rings (SSSR count). The molecule has 0 saturated heterocycles. The van der Waals surface area contributed by atoms with Crippen molar-refractivity contribution in [1.29, 1.82) is 0 Å². The van der Waals surface area contributed by atoms with E-state index in [1.165, 1.54) is 0 Å². The molecule has 0 amide bonds. The molecule has 0 fully saturated rings. The third-order valence-electron chi connectivity index (χ3n) is 4.38. The van der Waals surface area contributed by atoms with E-state index >= 15 is 0 Å². The van der Waals surface area contributed by atoms with Crippen molar-refractivity contribution in [2.24, 2.45) is 0 Å². The highest BCUT2D eigenvalue weighted by molar-refractivity contribution is 5.88. The van der Waals surface area contributed by atoms with Crippen molar-refractivity contribution in [3.05, 3.63) is 75.9 Å². The second-order valence-corrected chi connectivity index (χ2v) is 7.21. The molecule has 0 heterocycles. The largest absolute Gasteiger partial charge is 0.454 e. The number of Topliss-reactive ketones (excluding diaryl/α,β-unsaturated/α-hetero) is 1. The van der Waals surface area contributed by atoms with Gasteiger partial charge < -0.3 is 28.4 Å². The van der Waals surface area contributed by atoms with Crippen molar-refractivity contribution in [3.8, 4) is 0 Å². The summed E-state index contributed by atoms with van der Waals surface area (Å²) in [7, 11) is 0. The third-order valence-corrected chi connectivity index (χ3v) is 4.38. The zero-order valence-electron chi connectivity index (χ0n) is 21.2. The van der Waals surface area contributed by atoms with Crippen LogP contribution in [0.4, 0.5) is 0 Å². The van der Waals surface area contributed by atoms with Crippen molar-refractivity contribution in [2.45, 2.75) is 37.4 Å². The normalized spacial score (nSPS) is 11.2. The molecule has 0 saturated carbocycles. The molecular formula is C26H28O13. The van der Waals surface area contributed by atoms with Crippen LogP contribution in [0.1, 0.15) is 19.8 Å². The Bertz CT molecular complexity index is 1020. The van der Waals surface area contributed by atoms with Crippen LogP contribution in [0.3, 0.4) is 0 Å². The molecule has 0 aromatic rings. The van der Waals surface area contributed by atoms with Crippen molar-refractivity contribution < 1.29 is 62.0 Å². The molecule has 0 aromatic heterocycles. The van der Waals surface area contributed by atoms with E-state index < -0.39 is 78.7 Å². The van der Waals surface area contributed by atoms with Crippen LogP contribution in [-0.4, -0.2) is 65.9 Å². The van der Waals surface area contributed by atoms with E-state index in [4.69, 9.17) is 28.4 Å². The lowest BCUT2D eigenvalue weighted by atomic mass is 9.98. The SMILES string of the molecule is C=CC(=O)OCC(CC(=O)CC(OC(=O)C=C)(OC(=O)C=C)C(C)OC(=O)C=C)(OC(=O)C=C)OC(=O)C=C. The van der Waals surface area contributed by atoms with Gasteiger partial charge in [-0.05, 0) is 6.92 Å². The molecule has 0 bridgehead atoms. The van der Waals surface area contributed by atoms with Crippen LogP contribution in [0.2, 0.25) is 0 Å². The number of hydrogen-bond acceptors (Lipinski definition) is 13. The Morgan fingerprint density at radius 1 is 0.590 bits per heavy atom. The minimum Gasteiger partial charge on any atom is -0.454 e. The Morgan fingerprint density at radius 3 is 1.36 bits per heavy atom. The maximum absolute atomic E-state index is 13.3. The minimum absolute atomic E-state index is 0.662. The summed E-state index contributed by atoms with van der Waals surface area (Å²) in [6.07, 6.45) is 0.338. The third kappa shape index (κ3) is 11.2. The highest BCUT2D eigenvalue weighted by Gasteiger charge is 2.51. The van der Waals surface area contributed by atoms with Crippen LogP contribution in [0.15, 0.2) is 75.9 Å². The van der Waals surface area contributed by atoms with Crippen molar-refractivity contribution in [2.75, 3.05) is 6.61 Å². The first kappa shape index (κ1) is 33.9. The number of ketones is 1. The number of ether oxygens (including phenoxy) is 6. The van der Waals surface area contributed by atoms with Crippen LogP contribution in [0.25, 0.3) is 0 Å². The number of carbonyl (C=O) groups is 7. The first-order valence-electron chi connectivity index (χ1n) is 10.8. The highest BCUT2D eigenvalue weighted by Crippen LogP contribution is 2.31. The molecule has 13 heteroatoms. The van der Waals surface area contributed by atoms with Crippen molar-refractivity contribution in [1.82, 2.24) is 0 Å². The van der Waals surface area contributed by atoms with Crippen LogP contribution in [0, 0.1) is 0 Å². The van der Waals surface area contributed by atoms with E-state index in [9.17, 15) is 33.6 Å². The van der Waals surface area contributed by atoms with Gasteiger partial charge in [-0.1, -0.05) is 39.5 Å². The first-order valence-corrected chi connectivity index (χ1v) is 10.8. The number of esters is 6. The van der Waals surface area contributed by atoms with Gasteiger partial charge in [0.15, 0.2) is 12.7 Å². The fourth-order valence-corrected chi connectivity index (χ4v) is 2.67. The summed E-state index contributed by atoms with van der Waals surface area (Å²) in [6.45, 7) is 19.4. The summed E-state index contributed by atoms with van der Waals surface area (Å²) >= 11 is 0. The summed E-state index contributed by atoms with van der Waals surface area (Å²) < 4.78 is 30.3. The minimum atomic E-state index is -2.64. The first-order chi connectivity index (χ1) is 18.2.